The Kier molecular flexibility index (Phi) is 6.05. The van der Waals surface area contributed by atoms with Gasteiger partial charge in [-0.25, -0.2) is 0 Å². The normalized spacial score (nSPS) is 27.8. The van der Waals surface area contributed by atoms with Crippen LogP contribution >= 0.6 is 0 Å². The lowest BCUT2D eigenvalue weighted by molar-refractivity contribution is -0.0174. The van der Waals surface area contributed by atoms with E-state index in [1.807, 2.05) is 17.0 Å². The summed E-state index contributed by atoms with van der Waals surface area (Å²) in [6.07, 6.45) is 6.02. The summed E-state index contributed by atoms with van der Waals surface area (Å²) in [5.74, 6) is 0.595. The summed E-state index contributed by atoms with van der Waals surface area (Å²) in [5.41, 5.74) is 1.70. The quantitative estimate of drug-likeness (QED) is 0.811. The molecule has 0 aliphatic carbocycles. The molecule has 148 valence electrons. The van der Waals surface area contributed by atoms with Crippen LogP contribution in [0.2, 0.25) is 0 Å². The number of carbonyl (C=O) groups excluding carboxylic acids is 1. The zero-order chi connectivity index (χ0) is 18.6. The second kappa shape index (κ2) is 8.67. The first kappa shape index (κ1) is 18.8. The van der Waals surface area contributed by atoms with E-state index >= 15 is 0 Å². The summed E-state index contributed by atoms with van der Waals surface area (Å²) >= 11 is 0. The van der Waals surface area contributed by atoms with E-state index < -0.39 is 0 Å². The first-order chi connectivity index (χ1) is 13.2. The number of hydrogen-bond acceptors (Lipinski definition) is 5. The molecular weight excluding hydrogens is 342 g/mol. The molecule has 0 bridgehead atoms. The van der Waals surface area contributed by atoms with E-state index in [2.05, 4.69) is 16.8 Å². The van der Waals surface area contributed by atoms with E-state index in [4.69, 9.17) is 9.47 Å². The van der Waals surface area contributed by atoms with Gasteiger partial charge in [-0.15, -0.1) is 0 Å². The maximum Gasteiger partial charge on any atom is 0.255 e. The summed E-state index contributed by atoms with van der Waals surface area (Å²) < 4.78 is 11.7. The number of rotatable bonds is 3. The molecule has 0 saturated carbocycles. The number of carbonyl (C=O) groups is 1. The van der Waals surface area contributed by atoms with E-state index in [9.17, 15) is 4.79 Å². The first-order valence-corrected chi connectivity index (χ1v) is 10.4. The van der Waals surface area contributed by atoms with Gasteiger partial charge < -0.3 is 14.4 Å². The molecule has 0 aromatic carbocycles. The number of aryl methyl sites for hydroxylation is 1. The fourth-order valence-electron chi connectivity index (χ4n) is 4.59. The van der Waals surface area contributed by atoms with Crippen molar-refractivity contribution in [2.45, 2.75) is 44.8 Å². The summed E-state index contributed by atoms with van der Waals surface area (Å²) in [4.78, 5) is 21.8. The Morgan fingerprint density at radius 3 is 2.74 bits per heavy atom. The molecule has 0 N–H and O–H groups in total. The predicted octanol–water partition coefficient (Wildman–Crippen LogP) is 1.99. The zero-order valence-corrected chi connectivity index (χ0v) is 16.3. The number of amides is 1. The number of piperidine rings is 1. The molecule has 27 heavy (non-hydrogen) atoms. The van der Waals surface area contributed by atoms with E-state index in [1.54, 1.807) is 6.20 Å². The highest BCUT2D eigenvalue weighted by Gasteiger charge is 2.37. The van der Waals surface area contributed by atoms with Crippen LogP contribution in [0.25, 0.3) is 0 Å². The van der Waals surface area contributed by atoms with Gasteiger partial charge in [0.2, 0.25) is 0 Å². The van der Waals surface area contributed by atoms with Crippen molar-refractivity contribution in [1.82, 2.24) is 14.8 Å². The Balaban J connectivity index is 1.37. The third-order valence-corrected chi connectivity index (χ3v) is 6.30. The molecule has 3 fully saturated rings. The average molecular weight is 373 g/mol. The molecule has 3 aliphatic heterocycles. The fraction of sp³-hybridized carbons (Fsp3) is 0.714. The minimum absolute atomic E-state index is 0.0812. The fourth-order valence-corrected chi connectivity index (χ4v) is 4.59. The number of likely N-dealkylation sites (tertiary alicyclic amines) is 1. The average Bonchev–Trinajstić information content (AvgIpc) is 2.96. The van der Waals surface area contributed by atoms with Gasteiger partial charge in [0.25, 0.3) is 5.91 Å². The molecule has 4 heterocycles. The second-order valence-corrected chi connectivity index (χ2v) is 7.94. The Morgan fingerprint density at radius 1 is 1.15 bits per heavy atom. The van der Waals surface area contributed by atoms with Crippen molar-refractivity contribution in [1.29, 1.82) is 0 Å². The predicted molar refractivity (Wildman–Crippen MR) is 103 cm³/mol. The van der Waals surface area contributed by atoms with E-state index in [0.717, 1.165) is 70.8 Å². The van der Waals surface area contributed by atoms with Crippen LogP contribution in [0.3, 0.4) is 0 Å². The number of hydrogen-bond donors (Lipinski definition) is 0. The maximum atomic E-state index is 12.9. The molecule has 3 aliphatic rings. The number of fused-ring (bicyclic) bond motifs is 1. The van der Waals surface area contributed by atoms with Gasteiger partial charge in [0.1, 0.15) is 0 Å². The van der Waals surface area contributed by atoms with Crippen molar-refractivity contribution < 1.29 is 14.3 Å². The van der Waals surface area contributed by atoms with Crippen molar-refractivity contribution in [2.24, 2.45) is 5.92 Å². The summed E-state index contributed by atoms with van der Waals surface area (Å²) in [5, 5.41) is 0. The minimum Gasteiger partial charge on any atom is -0.381 e. The lowest BCUT2D eigenvalue weighted by atomic mass is 9.92. The van der Waals surface area contributed by atoms with Crippen LogP contribution in [-0.4, -0.2) is 78.8 Å². The number of ether oxygens (including phenoxy) is 2. The van der Waals surface area contributed by atoms with Gasteiger partial charge in [0, 0.05) is 63.2 Å². The van der Waals surface area contributed by atoms with Crippen molar-refractivity contribution in [3.63, 3.8) is 0 Å². The molecule has 6 nitrogen and oxygen atoms in total. The van der Waals surface area contributed by atoms with Crippen molar-refractivity contribution >= 4 is 5.91 Å². The molecule has 6 heteroatoms. The summed E-state index contributed by atoms with van der Waals surface area (Å²) in [6, 6.07) is 4.48. The van der Waals surface area contributed by atoms with Crippen molar-refractivity contribution in [2.75, 3.05) is 46.0 Å². The van der Waals surface area contributed by atoms with Crippen molar-refractivity contribution in [3.05, 3.63) is 29.6 Å². The van der Waals surface area contributed by atoms with Gasteiger partial charge >= 0.3 is 0 Å². The van der Waals surface area contributed by atoms with Crippen LogP contribution < -0.4 is 0 Å². The SMILES string of the molecule is CCc1ccc(C(=O)N2CCC3CN(C4CCOCC4)CCOC3C2)cn1. The monoisotopic (exact) mass is 373 g/mol. The lowest BCUT2D eigenvalue weighted by Gasteiger charge is -2.39. The van der Waals surface area contributed by atoms with Gasteiger partial charge in [0.15, 0.2) is 0 Å². The van der Waals surface area contributed by atoms with Gasteiger partial charge in [-0.05, 0) is 37.8 Å². The maximum absolute atomic E-state index is 12.9. The van der Waals surface area contributed by atoms with Crippen LogP contribution in [0, 0.1) is 5.92 Å². The Bertz CT molecular complexity index is 630. The highest BCUT2D eigenvalue weighted by Crippen LogP contribution is 2.27. The Hall–Kier alpha value is -1.50. The highest BCUT2D eigenvalue weighted by atomic mass is 16.5. The molecule has 2 unspecified atom stereocenters. The summed E-state index contributed by atoms with van der Waals surface area (Å²) in [7, 11) is 0. The minimum atomic E-state index is 0.0812. The molecule has 1 amide bonds. The summed E-state index contributed by atoms with van der Waals surface area (Å²) in [6.45, 7) is 8.17. The molecule has 0 spiro atoms. The van der Waals surface area contributed by atoms with E-state index in [-0.39, 0.29) is 12.0 Å². The molecular formula is C21H31N3O3. The van der Waals surface area contributed by atoms with Gasteiger partial charge in [-0.1, -0.05) is 6.92 Å². The molecule has 1 aromatic heterocycles. The first-order valence-electron chi connectivity index (χ1n) is 10.4. The smallest absolute Gasteiger partial charge is 0.255 e. The van der Waals surface area contributed by atoms with E-state index in [0.29, 0.717) is 24.1 Å². The Labute approximate surface area is 161 Å². The highest BCUT2D eigenvalue weighted by molar-refractivity contribution is 5.94. The number of nitrogens with zero attached hydrogens (tertiary/aromatic N) is 3. The van der Waals surface area contributed by atoms with Crippen LogP contribution in [-0.2, 0) is 15.9 Å². The van der Waals surface area contributed by atoms with Crippen LogP contribution in [0.4, 0.5) is 0 Å². The third-order valence-electron chi connectivity index (χ3n) is 6.30. The molecule has 3 saturated heterocycles. The molecule has 2 atom stereocenters. The standard InChI is InChI=1S/C21H31N3O3/c1-2-18-4-3-16(13-22-18)21(25)24-8-5-17-14-23(9-12-27-20(17)15-24)19-6-10-26-11-7-19/h3-4,13,17,19-20H,2,5-12,14-15H2,1H3. The van der Waals surface area contributed by atoms with Crippen molar-refractivity contribution in [3.8, 4) is 0 Å². The molecule has 0 radical (unpaired) electrons. The number of aromatic nitrogens is 1. The third kappa shape index (κ3) is 4.33. The van der Waals surface area contributed by atoms with Crippen LogP contribution in [0.5, 0.6) is 0 Å². The largest absolute Gasteiger partial charge is 0.381 e. The van der Waals surface area contributed by atoms with Gasteiger partial charge in [0.05, 0.1) is 18.3 Å². The topological polar surface area (TPSA) is 54.9 Å². The molecule has 1 aromatic rings. The lowest BCUT2D eigenvalue weighted by Crippen LogP contribution is -2.50. The van der Waals surface area contributed by atoms with Gasteiger partial charge in [-0.2, -0.15) is 0 Å². The van der Waals surface area contributed by atoms with Crippen LogP contribution in [0.1, 0.15) is 42.2 Å². The van der Waals surface area contributed by atoms with E-state index in [1.165, 1.54) is 0 Å². The molecule has 4 rings (SSSR count). The Morgan fingerprint density at radius 2 is 2.00 bits per heavy atom. The second-order valence-electron chi connectivity index (χ2n) is 7.94. The zero-order valence-electron chi connectivity index (χ0n) is 16.3. The number of pyridine rings is 1. The van der Waals surface area contributed by atoms with Crippen LogP contribution in [0.15, 0.2) is 18.3 Å². The van der Waals surface area contributed by atoms with Gasteiger partial charge in [-0.3, -0.25) is 14.7 Å².